The van der Waals surface area contributed by atoms with Crippen LogP contribution in [0.5, 0.6) is 17.2 Å². The van der Waals surface area contributed by atoms with Gasteiger partial charge in [-0.25, -0.2) is 0 Å². The van der Waals surface area contributed by atoms with Crippen LogP contribution in [0.25, 0.3) is 0 Å². The van der Waals surface area contributed by atoms with Crippen molar-refractivity contribution in [3.63, 3.8) is 0 Å². The fraction of sp³-hybridized carbons (Fsp3) is 0.400. The van der Waals surface area contributed by atoms with E-state index in [4.69, 9.17) is 30.9 Å². The van der Waals surface area contributed by atoms with Crippen LogP contribution in [0.1, 0.15) is 5.56 Å². The number of ether oxygens (including phenoxy) is 3. The van der Waals surface area contributed by atoms with Gasteiger partial charge in [-0.05, 0) is 0 Å². The van der Waals surface area contributed by atoms with E-state index in [1.54, 1.807) is 6.07 Å². The van der Waals surface area contributed by atoms with Crippen molar-refractivity contribution in [2.45, 2.75) is 6.61 Å². The molecule has 0 bridgehead atoms. The number of halogens is 1. The van der Waals surface area contributed by atoms with Gasteiger partial charge in [0.15, 0.2) is 11.5 Å². The van der Waals surface area contributed by atoms with Crippen LogP contribution in [0.4, 0.5) is 0 Å². The van der Waals surface area contributed by atoms with Crippen molar-refractivity contribution in [1.82, 2.24) is 0 Å². The molecule has 0 atom stereocenters. The highest BCUT2D eigenvalue weighted by molar-refractivity contribution is 6.31. The number of aliphatic hydroxyl groups is 1. The first-order valence-corrected chi connectivity index (χ1v) is 4.65. The van der Waals surface area contributed by atoms with Gasteiger partial charge in [0.05, 0.1) is 33.0 Å². The average Bonchev–Trinajstić information content (AvgIpc) is 2.27. The Morgan fingerprint density at radius 3 is 2.13 bits per heavy atom. The van der Waals surface area contributed by atoms with E-state index in [1.807, 2.05) is 0 Å². The summed E-state index contributed by atoms with van der Waals surface area (Å²) >= 11 is 5.95. The minimum atomic E-state index is -0.220. The second-order valence-corrected chi connectivity index (χ2v) is 3.17. The number of aliphatic hydroxyl groups excluding tert-OH is 1. The number of hydrogen-bond donors (Lipinski definition) is 1. The Balaban J connectivity index is 3.44. The third kappa shape index (κ3) is 2.11. The minimum Gasteiger partial charge on any atom is -0.493 e. The van der Waals surface area contributed by atoms with E-state index in [2.05, 4.69) is 0 Å². The van der Waals surface area contributed by atoms with Crippen molar-refractivity contribution in [3.8, 4) is 17.2 Å². The Kier molecular flexibility index (Phi) is 4.05. The van der Waals surface area contributed by atoms with Crippen LogP contribution in [-0.2, 0) is 6.61 Å². The highest BCUT2D eigenvalue weighted by atomic mass is 35.5. The fourth-order valence-electron chi connectivity index (χ4n) is 1.33. The molecule has 0 aromatic heterocycles. The first-order valence-electron chi connectivity index (χ1n) is 4.27. The first-order chi connectivity index (χ1) is 7.19. The summed E-state index contributed by atoms with van der Waals surface area (Å²) in [4.78, 5) is 0. The molecule has 84 valence electrons. The molecular weight excluding hydrogens is 220 g/mol. The largest absolute Gasteiger partial charge is 0.493 e. The molecule has 1 N–H and O–H groups in total. The van der Waals surface area contributed by atoms with Crippen molar-refractivity contribution < 1.29 is 19.3 Å². The van der Waals surface area contributed by atoms with Gasteiger partial charge in [0, 0.05) is 11.6 Å². The standard InChI is InChI=1S/C10H13ClO4/c1-13-8-4-7(11)6(5-12)9(14-2)10(8)15-3/h4,12H,5H2,1-3H3. The molecule has 0 aliphatic carbocycles. The molecule has 0 aliphatic rings. The molecule has 0 unspecified atom stereocenters. The molecule has 0 spiro atoms. The Bertz CT molecular complexity index is 352. The SMILES string of the molecule is COc1cc(Cl)c(CO)c(OC)c1OC. The molecule has 5 heteroatoms. The summed E-state index contributed by atoms with van der Waals surface area (Å²) in [5, 5.41) is 9.53. The Labute approximate surface area is 93.3 Å². The minimum absolute atomic E-state index is 0.220. The monoisotopic (exact) mass is 232 g/mol. The van der Waals surface area contributed by atoms with Crippen LogP contribution < -0.4 is 14.2 Å². The molecule has 0 saturated carbocycles. The second-order valence-electron chi connectivity index (χ2n) is 2.76. The summed E-state index contributed by atoms with van der Waals surface area (Å²) in [6, 6.07) is 1.58. The first kappa shape index (κ1) is 11.9. The van der Waals surface area contributed by atoms with E-state index < -0.39 is 0 Å². The molecule has 1 aromatic rings. The predicted octanol–water partition coefficient (Wildman–Crippen LogP) is 1.86. The van der Waals surface area contributed by atoms with Crippen molar-refractivity contribution >= 4 is 11.6 Å². The molecule has 0 radical (unpaired) electrons. The zero-order chi connectivity index (χ0) is 11.4. The lowest BCUT2D eigenvalue weighted by Crippen LogP contribution is -1.99. The highest BCUT2D eigenvalue weighted by Gasteiger charge is 2.18. The molecule has 4 nitrogen and oxygen atoms in total. The van der Waals surface area contributed by atoms with Crippen molar-refractivity contribution in [2.75, 3.05) is 21.3 Å². The third-order valence-electron chi connectivity index (χ3n) is 2.04. The lowest BCUT2D eigenvalue weighted by Gasteiger charge is -2.15. The van der Waals surface area contributed by atoms with E-state index >= 15 is 0 Å². The average molecular weight is 233 g/mol. The summed E-state index contributed by atoms with van der Waals surface area (Å²) in [6.07, 6.45) is 0. The van der Waals surface area contributed by atoms with E-state index in [9.17, 15) is 0 Å². The molecule has 0 saturated heterocycles. The fourth-order valence-corrected chi connectivity index (χ4v) is 1.58. The van der Waals surface area contributed by atoms with Crippen molar-refractivity contribution in [2.24, 2.45) is 0 Å². The summed E-state index contributed by atoms with van der Waals surface area (Å²) in [6.45, 7) is -0.220. The second kappa shape index (κ2) is 5.09. The van der Waals surface area contributed by atoms with Crippen molar-refractivity contribution in [3.05, 3.63) is 16.7 Å². The maximum atomic E-state index is 9.15. The van der Waals surface area contributed by atoms with Gasteiger partial charge in [0.2, 0.25) is 5.75 Å². The summed E-state index contributed by atoms with van der Waals surface area (Å²) < 4.78 is 15.4. The summed E-state index contributed by atoms with van der Waals surface area (Å²) in [5.74, 6) is 1.29. The lowest BCUT2D eigenvalue weighted by atomic mass is 10.2. The van der Waals surface area contributed by atoms with Crippen LogP contribution in [0.15, 0.2) is 6.07 Å². The van der Waals surface area contributed by atoms with E-state index in [0.717, 1.165) is 0 Å². The van der Waals surface area contributed by atoms with Gasteiger partial charge in [-0.3, -0.25) is 0 Å². The molecular formula is C10H13ClO4. The molecule has 0 aliphatic heterocycles. The summed E-state index contributed by atoms with van der Waals surface area (Å²) in [5.41, 5.74) is 0.483. The number of benzene rings is 1. The van der Waals surface area contributed by atoms with Gasteiger partial charge in [0.25, 0.3) is 0 Å². The van der Waals surface area contributed by atoms with Crippen LogP contribution in [0.2, 0.25) is 5.02 Å². The van der Waals surface area contributed by atoms with Gasteiger partial charge in [0.1, 0.15) is 0 Å². The zero-order valence-electron chi connectivity index (χ0n) is 8.83. The Hall–Kier alpha value is -1.13. The van der Waals surface area contributed by atoms with E-state index in [-0.39, 0.29) is 6.61 Å². The maximum Gasteiger partial charge on any atom is 0.203 e. The van der Waals surface area contributed by atoms with Crippen LogP contribution in [-0.4, -0.2) is 26.4 Å². The Morgan fingerprint density at radius 2 is 1.73 bits per heavy atom. The van der Waals surface area contributed by atoms with Crippen LogP contribution in [0.3, 0.4) is 0 Å². The molecule has 0 heterocycles. The molecule has 1 rings (SSSR count). The molecule has 0 amide bonds. The van der Waals surface area contributed by atoms with Crippen LogP contribution >= 0.6 is 11.6 Å². The van der Waals surface area contributed by atoms with E-state index in [1.165, 1.54) is 21.3 Å². The smallest absolute Gasteiger partial charge is 0.203 e. The normalized spacial score (nSPS) is 9.93. The van der Waals surface area contributed by atoms with Gasteiger partial charge in [-0.2, -0.15) is 0 Å². The predicted molar refractivity (Wildman–Crippen MR) is 57.0 cm³/mol. The van der Waals surface area contributed by atoms with E-state index in [0.29, 0.717) is 27.8 Å². The quantitative estimate of drug-likeness (QED) is 0.861. The lowest BCUT2D eigenvalue weighted by molar-refractivity contribution is 0.267. The molecule has 1 aromatic carbocycles. The van der Waals surface area contributed by atoms with Crippen LogP contribution in [0, 0.1) is 0 Å². The number of hydrogen-bond acceptors (Lipinski definition) is 4. The Morgan fingerprint density at radius 1 is 1.13 bits per heavy atom. The molecule has 0 fully saturated rings. The zero-order valence-corrected chi connectivity index (χ0v) is 9.59. The van der Waals surface area contributed by atoms with Gasteiger partial charge in [-0.15, -0.1) is 0 Å². The highest BCUT2D eigenvalue weighted by Crippen LogP contribution is 2.43. The number of rotatable bonds is 4. The van der Waals surface area contributed by atoms with Gasteiger partial charge in [-0.1, -0.05) is 11.6 Å². The molecule has 15 heavy (non-hydrogen) atoms. The maximum absolute atomic E-state index is 9.15. The topological polar surface area (TPSA) is 47.9 Å². The summed E-state index contributed by atoms with van der Waals surface area (Å²) in [7, 11) is 4.48. The van der Waals surface area contributed by atoms with Gasteiger partial charge >= 0.3 is 0 Å². The third-order valence-corrected chi connectivity index (χ3v) is 2.37. The number of methoxy groups -OCH3 is 3. The van der Waals surface area contributed by atoms with Gasteiger partial charge < -0.3 is 19.3 Å². The van der Waals surface area contributed by atoms with Crippen molar-refractivity contribution in [1.29, 1.82) is 0 Å².